The maximum Gasteiger partial charge on any atom is 0.0946 e. The number of fused-ring (bicyclic) bond motifs is 9. The molecule has 69 heavy (non-hydrogen) atoms. The van der Waals surface area contributed by atoms with Crippen molar-refractivity contribution in [2.24, 2.45) is 0 Å². The number of nitrogens with zero attached hydrogens (tertiary/aromatic N) is 3. The maximum atomic E-state index is 2.56. The van der Waals surface area contributed by atoms with Crippen LogP contribution < -0.4 is 0 Å². The first-order valence-electron chi connectivity index (χ1n) is 23.8. The largest absolute Gasteiger partial charge is 0.307 e. The maximum absolute atomic E-state index is 2.56. The molecule has 0 saturated heterocycles. The third-order valence-corrected chi connectivity index (χ3v) is 14.3. The molecule has 0 saturated carbocycles. The van der Waals surface area contributed by atoms with Crippen molar-refractivity contribution < 1.29 is 0 Å². The van der Waals surface area contributed by atoms with Crippen molar-refractivity contribution in [3.63, 3.8) is 0 Å². The fourth-order valence-electron chi connectivity index (χ4n) is 11.3. The Labute approximate surface area is 399 Å². The zero-order valence-electron chi connectivity index (χ0n) is 37.7. The van der Waals surface area contributed by atoms with Crippen LogP contribution in [0, 0.1) is 0 Å². The summed E-state index contributed by atoms with van der Waals surface area (Å²) < 4.78 is 7.54. The highest BCUT2D eigenvalue weighted by molar-refractivity contribution is 6.15. The molecule has 3 aromatic heterocycles. The number of rotatable bonds is 7. The highest BCUT2D eigenvalue weighted by Crippen LogP contribution is 2.45. The van der Waals surface area contributed by atoms with Crippen LogP contribution in [0.4, 0.5) is 0 Å². The van der Waals surface area contributed by atoms with Gasteiger partial charge in [-0.05, 0) is 105 Å². The fourth-order valence-corrected chi connectivity index (χ4v) is 11.3. The lowest BCUT2D eigenvalue weighted by Gasteiger charge is -2.22. The van der Waals surface area contributed by atoms with Crippen LogP contribution in [-0.4, -0.2) is 13.7 Å². The first-order chi connectivity index (χ1) is 34.3. The van der Waals surface area contributed by atoms with Crippen LogP contribution in [0.1, 0.15) is 0 Å². The summed E-state index contributed by atoms with van der Waals surface area (Å²) in [7, 11) is 0. The fraction of sp³-hybridized carbons (Fsp3) is 0. The van der Waals surface area contributed by atoms with Gasteiger partial charge in [-0.3, -0.25) is 0 Å². The Morgan fingerprint density at radius 2 is 0.493 bits per heavy atom. The molecule has 0 fully saturated rings. The van der Waals surface area contributed by atoms with Crippen LogP contribution >= 0.6 is 0 Å². The Kier molecular flexibility index (Phi) is 8.90. The number of benzene rings is 11. The van der Waals surface area contributed by atoms with Crippen LogP contribution in [-0.2, 0) is 0 Å². The van der Waals surface area contributed by atoms with Gasteiger partial charge in [0.15, 0.2) is 0 Å². The van der Waals surface area contributed by atoms with Crippen molar-refractivity contribution >= 4 is 65.4 Å². The van der Waals surface area contributed by atoms with E-state index in [1.165, 1.54) is 98.9 Å². The number of hydrogen-bond donors (Lipinski definition) is 0. The van der Waals surface area contributed by atoms with Gasteiger partial charge in [-0.2, -0.15) is 0 Å². The quantitative estimate of drug-likeness (QED) is 0.152. The minimum absolute atomic E-state index is 1.10. The van der Waals surface area contributed by atoms with E-state index in [0.717, 1.165) is 28.1 Å². The first-order valence-corrected chi connectivity index (χ1v) is 23.8. The molecule has 14 rings (SSSR count). The summed E-state index contributed by atoms with van der Waals surface area (Å²) >= 11 is 0. The van der Waals surface area contributed by atoms with E-state index in [0.29, 0.717) is 0 Å². The minimum Gasteiger partial charge on any atom is -0.307 e. The number of aromatic nitrogens is 3. The second kappa shape index (κ2) is 15.7. The molecule has 0 N–H and O–H groups in total. The normalized spacial score (nSPS) is 11.8. The van der Waals surface area contributed by atoms with E-state index < -0.39 is 0 Å². The minimum atomic E-state index is 1.10. The second-order valence-corrected chi connectivity index (χ2v) is 18.0. The van der Waals surface area contributed by atoms with E-state index in [9.17, 15) is 0 Å². The van der Waals surface area contributed by atoms with E-state index in [4.69, 9.17) is 0 Å². The van der Waals surface area contributed by atoms with Gasteiger partial charge in [-0.25, -0.2) is 0 Å². The summed E-state index contributed by atoms with van der Waals surface area (Å²) in [4.78, 5) is 0. The van der Waals surface area contributed by atoms with Crippen molar-refractivity contribution in [3.8, 4) is 61.6 Å². The Morgan fingerprint density at radius 1 is 0.188 bits per heavy atom. The van der Waals surface area contributed by atoms with Crippen molar-refractivity contribution in [2.45, 2.75) is 0 Å². The van der Waals surface area contributed by atoms with E-state index in [1.807, 2.05) is 0 Å². The number of hydrogen-bond acceptors (Lipinski definition) is 0. The van der Waals surface area contributed by atoms with Crippen LogP contribution in [0.25, 0.3) is 127 Å². The van der Waals surface area contributed by atoms with Gasteiger partial charge in [0.05, 0.1) is 50.2 Å². The molecule has 3 heteroatoms. The Morgan fingerprint density at radius 3 is 0.870 bits per heavy atom. The molecule has 11 aromatic carbocycles. The van der Waals surface area contributed by atoms with E-state index >= 15 is 0 Å². The Balaban J connectivity index is 1.13. The predicted molar refractivity (Wildman–Crippen MR) is 291 cm³/mol. The lowest BCUT2D eigenvalue weighted by atomic mass is 9.92. The van der Waals surface area contributed by atoms with Crippen molar-refractivity contribution in [2.75, 3.05) is 0 Å². The van der Waals surface area contributed by atoms with Gasteiger partial charge < -0.3 is 13.7 Å². The zero-order chi connectivity index (χ0) is 45.4. The average Bonchev–Trinajstić information content (AvgIpc) is 4.06. The van der Waals surface area contributed by atoms with Gasteiger partial charge >= 0.3 is 0 Å². The lowest BCUT2D eigenvalue weighted by Crippen LogP contribution is -2.09. The molecular weight excluding hydrogens is 835 g/mol. The van der Waals surface area contributed by atoms with Gasteiger partial charge in [0.1, 0.15) is 0 Å². The van der Waals surface area contributed by atoms with Gasteiger partial charge in [0.2, 0.25) is 0 Å². The predicted octanol–water partition coefficient (Wildman–Crippen LogP) is 17.6. The highest BCUT2D eigenvalue weighted by atomic mass is 15.1. The molecule has 14 aromatic rings. The second-order valence-electron chi connectivity index (χ2n) is 18.0. The van der Waals surface area contributed by atoms with Gasteiger partial charge in [0.25, 0.3) is 0 Å². The van der Waals surface area contributed by atoms with Crippen molar-refractivity contribution in [1.82, 2.24) is 13.7 Å². The molecule has 3 nitrogen and oxygen atoms in total. The zero-order valence-corrected chi connectivity index (χ0v) is 37.7. The molecule has 0 spiro atoms. The smallest absolute Gasteiger partial charge is 0.0946 e. The first kappa shape index (κ1) is 39.0. The Hall–Kier alpha value is -9.18. The molecule has 0 aliphatic carbocycles. The van der Waals surface area contributed by atoms with Gasteiger partial charge in [-0.15, -0.1) is 0 Å². The lowest BCUT2D eigenvalue weighted by molar-refractivity contribution is 1.05. The molecule has 0 unspecified atom stereocenters. The van der Waals surface area contributed by atoms with E-state index in [2.05, 4.69) is 275 Å². The standard InChI is InChI=1S/C66H43N3/c1-3-20-44(21-4-1)48-24-7-9-26-50(48)46-38-40-62-56(42-46)57-43-47(51-27-10-8-25-49(51)45-22-5-2-6-23-45)39-41-63(57)69(62)66-64(67-58-32-15-11-28-52(58)53-29-12-16-33-59(53)67)36-19-37-65(66)68-60-34-17-13-30-54(60)55-31-14-18-35-61(55)68/h1-43H. The van der Waals surface area contributed by atoms with Crippen LogP contribution in [0.2, 0.25) is 0 Å². The van der Waals surface area contributed by atoms with Crippen molar-refractivity contribution in [1.29, 1.82) is 0 Å². The van der Waals surface area contributed by atoms with Gasteiger partial charge in [0, 0.05) is 32.3 Å². The van der Waals surface area contributed by atoms with Crippen molar-refractivity contribution in [3.05, 3.63) is 261 Å². The van der Waals surface area contributed by atoms with Crippen LogP contribution in [0.3, 0.4) is 0 Å². The summed E-state index contributed by atoms with van der Waals surface area (Å²) in [6.45, 7) is 0. The Bertz CT molecular complexity index is 3920. The highest BCUT2D eigenvalue weighted by Gasteiger charge is 2.25. The van der Waals surface area contributed by atoms with Gasteiger partial charge in [-0.1, -0.05) is 200 Å². The summed E-state index contributed by atoms with van der Waals surface area (Å²) in [5.41, 5.74) is 19.8. The molecule has 0 radical (unpaired) electrons. The monoisotopic (exact) mass is 877 g/mol. The summed E-state index contributed by atoms with van der Waals surface area (Å²) in [5.74, 6) is 0. The molecule has 322 valence electrons. The van der Waals surface area contributed by atoms with E-state index in [-0.39, 0.29) is 0 Å². The molecular formula is C66H43N3. The topological polar surface area (TPSA) is 14.8 Å². The third-order valence-electron chi connectivity index (χ3n) is 14.3. The molecule has 0 aliphatic heterocycles. The van der Waals surface area contributed by atoms with E-state index in [1.54, 1.807) is 0 Å². The molecule has 3 heterocycles. The number of para-hydroxylation sites is 5. The molecule has 0 amide bonds. The summed E-state index contributed by atoms with van der Waals surface area (Å²) in [6.07, 6.45) is 0. The third kappa shape index (κ3) is 6.07. The molecule has 0 bridgehead atoms. The van der Waals surface area contributed by atoms with Crippen LogP contribution in [0.15, 0.2) is 261 Å². The average molecular weight is 878 g/mol. The SMILES string of the molecule is c1ccc(-c2ccccc2-c2ccc3c(c2)c2cc(-c4ccccc4-c4ccccc4)ccc2n3-c2c(-n3c4ccccc4c4ccccc43)cccc2-n2c3ccccc3c3ccccc32)cc1. The van der Waals surface area contributed by atoms with Crippen LogP contribution in [0.5, 0.6) is 0 Å². The molecule has 0 aliphatic rings. The molecule has 0 atom stereocenters. The summed E-state index contributed by atoms with van der Waals surface area (Å²) in [5, 5.41) is 7.29. The summed E-state index contributed by atoms with van der Waals surface area (Å²) in [6, 6.07) is 95.7.